The molecule has 0 fully saturated rings. The van der Waals surface area contributed by atoms with Crippen LogP contribution in [0.4, 0.5) is 0 Å². The molecule has 2 unspecified atom stereocenters. The molecule has 2 atom stereocenters. The number of nitrogens with two attached hydrogens (primary N) is 1. The van der Waals surface area contributed by atoms with Crippen molar-refractivity contribution in [3.05, 3.63) is 28.2 Å². The second-order valence-corrected chi connectivity index (χ2v) is 5.60. The lowest BCUT2D eigenvalue weighted by atomic mass is 10.1. The number of hydrogen-bond acceptors (Lipinski definition) is 4. The van der Waals surface area contributed by atoms with Crippen LogP contribution in [0, 0.1) is 0 Å². The highest BCUT2D eigenvalue weighted by atomic mass is 79.9. The van der Waals surface area contributed by atoms with Crippen LogP contribution in [0.3, 0.4) is 0 Å². The topological polar surface area (TPSA) is 66.5 Å². The number of thioether (sulfide) groups is 1. The van der Waals surface area contributed by atoms with Crippen LogP contribution in [-0.4, -0.2) is 28.7 Å². The normalized spacial score (nSPS) is 14.8. The Morgan fingerprint density at radius 1 is 1.50 bits per heavy atom. The smallest absolute Gasteiger partial charge is 0.0864 e. The molecule has 0 aromatic heterocycles. The monoisotopic (exact) mass is 305 g/mol. The van der Waals surface area contributed by atoms with Gasteiger partial charge < -0.3 is 15.9 Å². The van der Waals surface area contributed by atoms with Gasteiger partial charge in [-0.25, -0.2) is 0 Å². The van der Waals surface area contributed by atoms with Crippen molar-refractivity contribution >= 4 is 27.7 Å². The maximum absolute atomic E-state index is 9.29. The third-order valence-corrected chi connectivity index (χ3v) is 3.83. The van der Waals surface area contributed by atoms with Crippen LogP contribution in [0.15, 0.2) is 27.6 Å². The first kappa shape index (κ1) is 14.0. The van der Waals surface area contributed by atoms with Gasteiger partial charge >= 0.3 is 0 Å². The summed E-state index contributed by atoms with van der Waals surface area (Å²) in [5.74, 6) is 0.470. The summed E-state index contributed by atoms with van der Waals surface area (Å²) < 4.78 is 0.992. The zero-order valence-corrected chi connectivity index (χ0v) is 11.5. The molecule has 1 rings (SSSR count). The van der Waals surface area contributed by atoms with Crippen molar-refractivity contribution in [1.82, 2.24) is 0 Å². The molecule has 0 amide bonds. The Labute approximate surface area is 108 Å². The average molecular weight is 306 g/mol. The fourth-order valence-electron chi connectivity index (χ4n) is 1.25. The highest BCUT2D eigenvalue weighted by Crippen LogP contribution is 2.29. The van der Waals surface area contributed by atoms with E-state index in [0.29, 0.717) is 5.75 Å². The van der Waals surface area contributed by atoms with Gasteiger partial charge in [-0.1, -0.05) is 15.9 Å². The zero-order chi connectivity index (χ0) is 12.1. The molecule has 0 heterocycles. The molecule has 0 saturated heterocycles. The Balaban J connectivity index is 2.78. The summed E-state index contributed by atoms with van der Waals surface area (Å²) in [7, 11) is 0. The Kier molecular flexibility index (Phi) is 5.78. The lowest BCUT2D eigenvalue weighted by molar-refractivity contribution is 0.113. The Morgan fingerprint density at radius 3 is 2.75 bits per heavy atom. The minimum atomic E-state index is -0.686. The van der Waals surface area contributed by atoms with Gasteiger partial charge in [0.15, 0.2) is 0 Å². The molecule has 0 aliphatic heterocycles. The maximum Gasteiger partial charge on any atom is 0.0864 e. The van der Waals surface area contributed by atoms with Gasteiger partial charge in [-0.3, -0.25) is 0 Å². The van der Waals surface area contributed by atoms with Gasteiger partial charge in [0, 0.05) is 21.2 Å². The second kappa shape index (κ2) is 6.61. The third-order valence-electron chi connectivity index (χ3n) is 2.10. The fraction of sp³-hybridized carbons (Fsp3) is 0.455. The van der Waals surface area contributed by atoms with Crippen LogP contribution in [-0.2, 0) is 0 Å². The SMILES string of the molecule is CC(N)c1cc(Br)ccc1SCC(O)CO. The molecule has 0 radical (unpaired) electrons. The predicted octanol–water partition coefficient (Wildman–Crippen LogP) is 1.91. The van der Waals surface area contributed by atoms with E-state index in [1.54, 1.807) is 0 Å². The molecular formula is C11H16BrNO2S. The Bertz CT molecular complexity index is 347. The summed E-state index contributed by atoms with van der Waals surface area (Å²) in [6.45, 7) is 1.71. The summed E-state index contributed by atoms with van der Waals surface area (Å²) >= 11 is 4.91. The number of aliphatic hydroxyl groups is 2. The summed E-state index contributed by atoms with van der Waals surface area (Å²) in [6, 6.07) is 5.85. The molecule has 1 aromatic carbocycles. The third kappa shape index (κ3) is 4.07. The van der Waals surface area contributed by atoms with Gasteiger partial charge in [-0.2, -0.15) is 0 Å². The van der Waals surface area contributed by atoms with Gasteiger partial charge in [-0.05, 0) is 30.7 Å². The van der Waals surface area contributed by atoms with Crippen LogP contribution in [0.2, 0.25) is 0 Å². The van der Waals surface area contributed by atoms with Crippen molar-refractivity contribution in [3.8, 4) is 0 Å². The molecule has 0 aliphatic rings. The van der Waals surface area contributed by atoms with Crippen molar-refractivity contribution in [1.29, 1.82) is 0 Å². The highest BCUT2D eigenvalue weighted by Gasteiger charge is 2.10. The predicted molar refractivity (Wildman–Crippen MR) is 70.6 cm³/mol. The first-order valence-corrected chi connectivity index (χ1v) is 6.79. The largest absolute Gasteiger partial charge is 0.394 e. The van der Waals surface area contributed by atoms with Crippen LogP contribution >= 0.6 is 27.7 Å². The standard InChI is InChI=1S/C11H16BrNO2S/c1-7(13)10-4-8(12)2-3-11(10)16-6-9(15)5-14/h2-4,7,9,14-15H,5-6,13H2,1H3. The van der Waals surface area contributed by atoms with Crippen LogP contribution in [0.1, 0.15) is 18.5 Å². The number of rotatable bonds is 5. The lowest BCUT2D eigenvalue weighted by Gasteiger charge is -2.14. The molecule has 90 valence electrons. The first-order chi connectivity index (χ1) is 7.54. The highest BCUT2D eigenvalue weighted by molar-refractivity contribution is 9.10. The van der Waals surface area contributed by atoms with E-state index in [4.69, 9.17) is 10.8 Å². The molecule has 3 nitrogen and oxygen atoms in total. The summed E-state index contributed by atoms with van der Waals surface area (Å²) in [4.78, 5) is 1.05. The second-order valence-electron chi connectivity index (χ2n) is 3.62. The zero-order valence-electron chi connectivity index (χ0n) is 9.06. The van der Waals surface area contributed by atoms with E-state index in [2.05, 4.69) is 15.9 Å². The quantitative estimate of drug-likeness (QED) is 0.727. The van der Waals surface area contributed by atoms with E-state index in [0.717, 1.165) is 14.9 Å². The van der Waals surface area contributed by atoms with Crippen LogP contribution in [0.25, 0.3) is 0 Å². The minimum Gasteiger partial charge on any atom is -0.394 e. The van der Waals surface area contributed by atoms with Gasteiger partial charge in [-0.15, -0.1) is 11.8 Å². The average Bonchev–Trinajstić information content (AvgIpc) is 2.26. The van der Waals surface area contributed by atoms with E-state index in [9.17, 15) is 5.11 Å². The van der Waals surface area contributed by atoms with Crippen molar-refractivity contribution < 1.29 is 10.2 Å². The summed E-state index contributed by atoms with van der Waals surface area (Å²) in [5, 5.41) is 18.0. The van der Waals surface area contributed by atoms with Gasteiger partial charge in [0.05, 0.1) is 12.7 Å². The van der Waals surface area contributed by atoms with E-state index >= 15 is 0 Å². The van der Waals surface area contributed by atoms with Crippen molar-refractivity contribution in [3.63, 3.8) is 0 Å². The first-order valence-electron chi connectivity index (χ1n) is 5.01. The fourth-order valence-corrected chi connectivity index (χ4v) is 2.68. The summed E-state index contributed by atoms with van der Waals surface area (Å²) in [6.07, 6.45) is -0.686. The molecule has 4 N–H and O–H groups in total. The van der Waals surface area contributed by atoms with Crippen molar-refractivity contribution in [2.24, 2.45) is 5.73 Å². The molecule has 0 saturated carbocycles. The molecule has 0 aliphatic carbocycles. The van der Waals surface area contributed by atoms with Crippen LogP contribution < -0.4 is 5.73 Å². The molecule has 16 heavy (non-hydrogen) atoms. The van der Waals surface area contributed by atoms with Gasteiger partial charge in [0.2, 0.25) is 0 Å². The lowest BCUT2D eigenvalue weighted by Crippen LogP contribution is -2.15. The number of hydrogen-bond donors (Lipinski definition) is 3. The van der Waals surface area contributed by atoms with E-state index < -0.39 is 6.10 Å². The van der Waals surface area contributed by atoms with E-state index in [1.165, 1.54) is 11.8 Å². The van der Waals surface area contributed by atoms with Crippen molar-refractivity contribution in [2.75, 3.05) is 12.4 Å². The molecule has 1 aromatic rings. The number of halogens is 1. The molecule has 0 spiro atoms. The molecular weight excluding hydrogens is 290 g/mol. The van der Waals surface area contributed by atoms with E-state index in [1.807, 2.05) is 25.1 Å². The molecule has 0 bridgehead atoms. The Hall–Kier alpha value is -0.0700. The minimum absolute atomic E-state index is 0.0498. The Morgan fingerprint density at radius 2 is 2.19 bits per heavy atom. The summed E-state index contributed by atoms with van der Waals surface area (Å²) in [5.41, 5.74) is 6.92. The number of benzene rings is 1. The molecule has 5 heteroatoms. The van der Waals surface area contributed by atoms with Gasteiger partial charge in [0.25, 0.3) is 0 Å². The number of aliphatic hydroxyl groups excluding tert-OH is 2. The maximum atomic E-state index is 9.29. The van der Waals surface area contributed by atoms with Gasteiger partial charge in [0.1, 0.15) is 0 Å². The van der Waals surface area contributed by atoms with E-state index in [-0.39, 0.29) is 12.6 Å². The van der Waals surface area contributed by atoms with Crippen LogP contribution in [0.5, 0.6) is 0 Å². The van der Waals surface area contributed by atoms with Crippen molar-refractivity contribution in [2.45, 2.75) is 24.0 Å².